The molecule has 0 aliphatic carbocycles. The average Bonchev–Trinajstić information content (AvgIpc) is 2.93. The normalized spacial score (nSPS) is 22.7. The minimum atomic E-state index is -3.46. The van der Waals surface area contributed by atoms with Crippen molar-refractivity contribution in [2.75, 3.05) is 13.1 Å². The van der Waals surface area contributed by atoms with E-state index in [2.05, 4.69) is 40.8 Å². The second-order valence-electron chi connectivity index (χ2n) is 6.93. The highest BCUT2D eigenvalue weighted by atomic mass is 32.2. The molecule has 2 aliphatic heterocycles. The van der Waals surface area contributed by atoms with Crippen LogP contribution in [0, 0.1) is 0 Å². The SMILES string of the molecule is CC(c1ccccc1)N1CCC(N=C2NS(=O)(=O)c3ccccc32)CC1. The Labute approximate surface area is 154 Å². The van der Waals surface area contributed by atoms with Crippen molar-refractivity contribution in [2.24, 2.45) is 4.99 Å². The molecular formula is C20H23N3O2S. The van der Waals surface area contributed by atoms with Gasteiger partial charge in [0.15, 0.2) is 0 Å². The predicted molar refractivity (Wildman–Crippen MR) is 103 cm³/mol. The van der Waals surface area contributed by atoms with E-state index in [1.54, 1.807) is 12.1 Å². The maximum atomic E-state index is 12.2. The molecule has 0 spiro atoms. The van der Waals surface area contributed by atoms with Gasteiger partial charge in [-0.05, 0) is 37.5 Å². The van der Waals surface area contributed by atoms with Crippen molar-refractivity contribution in [3.8, 4) is 0 Å². The summed E-state index contributed by atoms with van der Waals surface area (Å²) >= 11 is 0. The van der Waals surface area contributed by atoms with Gasteiger partial charge in [0.2, 0.25) is 0 Å². The highest BCUT2D eigenvalue weighted by Gasteiger charge is 2.31. The van der Waals surface area contributed by atoms with Gasteiger partial charge in [-0.1, -0.05) is 42.5 Å². The van der Waals surface area contributed by atoms with E-state index >= 15 is 0 Å². The third kappa shape index (κ3) is 3.27. The molecule has 0 amide bonds. The van der Waals surface area contributed by atoms with Crippen LogP contribution in [0.1, 0.15) is 36.9 Å². The van der Waals surface area contributed by atoms with E-state index in [0.717, 1.165) is 25.9 Å². The summed E-state index contributed by atoms with van der Waals surface area (Å²) in [5.74, 6) is 0.496. The smallest absolute Gasteiger partial charge is 0.263 e. The van der Waals surface area contributed by atoms with Crippen molar-refractivity contribution in [1.82, 2.24) is 9.62 Å². The molecule has 1 fully saturated rings. The van der Waals surface area contributed by atoms with Crippen molar-refractivity contribution in [2.45, 2.75) is 36.7 Å². The highest BCUT2D eigenvalue weighted by Crippen LogP contribution is 2.27. The molecule has 0 saturated carbocycles. The monoisotopic (exact) mass is 369 g/mol. The fourth-order valence-corrected chi connectivity index (χ4v) is 5.00. The summed E-state index contributed by atoms with van der Waals surface area (Å²) in [6.07, 6.45) is 1.87. The Hall–Kier alpha value is -2.18. The van der Waals surface area contributed by atoms with E-state index in [1.165, 1.54) is 5.56 Å². The van der Waals surface area contributed by atoms with Gasteiger partial charge in [-0.25, -0.2) is 8.42 Å². The van der Waals surface area contributed by atoms with Gasteiger partial charge in [0.1, 0.15) is 5.84 Å². The number of nitrogens with one attached hydrogen (secondary N) is 1. The molecule has 1 unspecified atom stereocenters. The fraction of sp³-hybridized carbons (Fsp3) is 0.350. The molecule has 2 heterocycles. The molecule has 0 bridgehead atoms. The molecule has 1 saturated heterocycles. The Morgan fingerprint density at radius 1 is 1.04 bits per heavy atom. The van der Waals surface area contributed by atoms with Crippen molar-refractivity contribution < 1.29 is 8.42 Å². The number of aliphatic imine (C=N–C) groups is 1. The summed E-state index contributed by atoms with van der Waals surface area (Å²) in [5.41, 5.74) is 2.02. The lowest BCUT2D eigenvalue weighted by Crippen LogP contribution is -2.37. The van der Waals surface area contributed by atoms with Gasteiger partial charge in [-0.3, -0.25) is 14.6 Å². The molecule has 1 N–H and O–H groups in total. The van der Waals surface area contributed by atoms with Crippen LogP contribution < -0.4 is 4.72 Å². The standard InChI is InChI=1S/C20H23N3O2S/c1-15(16-7-3-2-4-8-16)23-13-11-17(12-14-23)21-20-18-9-5-6-10-19(18)26(24,25)22-20/h2-10,15,17H,11-14H2,1H3,(H,21,22). The van der Waals surface area contributed by atoms with Gasteiger partial charge < -0.3 is 0 Å². The second kappa shape index (κ2) is 6.85. The van der Waals surface area contributed by atoms with Crippen LogP contribution in [0.5, 0.6) is 0 Å². The number of rotatable bonds is 3. The molecule has 5 nitrogen and oxygen atoms in total. The first kappa shape index (κ1) is 17.2. The van der Waals surface area contributed by atoms with Crippen LogP contribution in [0.25, 0.3) is 0 Å². The number of amidine groups is 1. The zero-order valence-electron chi connectivity index (χ0n) is 14.8. The van der Waals surface area contributed by atoms with Crippen LogP contribution in [0.3, 0.4) is 0 Å². The van der Waals surface area contributed by atoms with E-state index in [4.69, 9.17) is 4.99 Å². The molecule has 2 aliphatic rings. The topological polar surface area (TPSA) is 61.8 Å². The van der Waals surface area contributed by atoms with E-state index in [-0.39, 0.29) is 6.04 Å². The molecule has 4 rings (SSSR count). The predicted octanol–water partition coefficient (Wildman–Crippen LogP) is 2.95. The molecule has 2 aromatic carbocycles. The van der Waals surface area contributed by atoms with E-state index in [9.17, 15) is 8.42 Å². The third-order valence-corrected chi connectivity index (χ3v) is 6.70. The molecule has 0 radical (unpaired) electrons. The van der Waals surface area contributed by atoms with Crippen LogP contribution in [-0.4, -0.2) is 38.3 Å². The Kier molecular flexibility index (Phi) is 4.54. The van der Waals surface area contributed by atoms with Crippen LogP contribution in [-0.2, 0) is 10.0 Å². The first-order chi connectivity index (χ1) is 12.5. The third-order valence-electron chi connectivity index (χ3n) is 5.30. The van der Waals surface area contributed by atoms with Gasteiger partial charge in [0, 0.05) is 24.7 Å². The Morgan fingerprint density at radius 2 is 1.69 bits per heavy atom. The van der Waals surface area contributed by atoms with Gasteiger partial charge in [0.25, 0.3) is 10.0 Å². The zero-order valence-corrected chi connectivity index (χ0v) is 15.6. The molecule has 2 aromatic rings. The number of hydrogen-bond donors (Lipinski definition) is 1. The largest absolute Gasteiger partial charge is 0.296 e. The van der Waals surface area contributed by atoms with Crippen molar-refractivity contribution in [1.29, 1.82) is 0 Å². The lowest BCUT2D eigenvalue weighted by atomic mass is 10.0. The van der Waals surface area contributed by atoms with E-state index in [1.807, 2.05) is 18.2 Å². The second-order valence-corrected chi connectivity index (χ2v) is 8.58. The number of hydrogen-bond acceptors (Lipinski definition) is 4. The van der Waals surface area contributed by atoms with Crippen LogP contribution in [0.2, 0.25) is 0 Å². The maximum absolute atomic E-state index is 12.2. The average molecular weight is 369 g/mol. The number of likely N-dealkylation sites (tertiary alicyclic amines) is 1. The van der Waals surface area contributed by atoms with Crippen molar-refractivity contribution >= 4 is 15.9 Å². The maximum Gasteiger partial charge on any atom is 0.263 e. The molecule has 1 atom stereocenters. The first-order valence-electron chi connectivity index (χ1n) is 9.03. The molecule has 26 heavy (non-hydrogen) atoms. The number of piperidine rings is 1. The summed E-state index contributed by atoms with van der Waals surface area (Å²) in [4.78, 5) is 7.54. The number of nitrogens with zero attached hydrogens (tertiary/aromatic N) is 2. The zero-order chi connectivity index (χ0) is 18.1. The van der Waals surface area contributed by atoms with Crippen molar-refractivity contribution in [3.05, 3.63) is 65.7 Å². The molecule has 136 valence electrons. The number of fused-ring (bicyclic) bond motifs is 1. The minimum absolute atomic E-state index is 0.151. The fourth-order valence-electron chi connectivity index (χ4n) is 3.76. The lowest BCUT2D eigenvalue weighted by molar-refractivity contribution is 0.164. The van der Waals surface area contributed by atoms with Gasteiger partial charge in [-0.15, -0.1) is 0 Å². The summed E-state index contributed by atoms with van der Waals surface area (Å²) in [6, 6.07) is 18.1. The summed E-state index contributed by atoms with van der Waals surface area (Å²) in [6.45, 7) is 4.17. The number of sulfonamides is 1. The Morgan fingerprint density at radius 3 is 2.42 bits per heavy atom. The molecule has 0 aromatic heterocycles. The Bertz CT molecular complexity index is 917. The van der Waals surface area contributed by atoms with Crippen LogP contribution in [0.15, 0.2) is 64.5 Å². The summed E-state index contributed by atoms with van der Waals surface area (Å²) < 4.78 is 27.0. The quantitative estimate of drug-likeness (QED) is 0.905. The van der Waals surface area contributed by atoms with Gasteiger partial charge in [-0.2, -0.15) is 0 Å². The summed E-state index contributed by atoms with van der Waals surface area (Å²) in [7, 11) is -3.46. The lowest BCUT2D eigenvalue weighted by Gasteiger charge is -2.35. The number of benzene rings is 2. The first-order valence-corrected chi connectivity index (χ1v) is 10.5. The van der Waals surface area contributed by atoms with Crippen LogP contribution >= 0.6 is 0 Å². The van der Waals surface area contributed by atoms with E-state index < -0.39 is 10.0 Å². The van der Waals surface area contributed by atoms with E-state index in [0.29, 0.717) is 22.3 Å². The Balaban J connectivity index is 1.46. The minimum Gasteiger partial charge on any atom is -0.296 e. The van der Waals surface area contributed by atoms with Gasteiger partial charge >= 0.3 is 0 Å². The van der Waals surface area contributed by atoms with Gasteiger partial charge in [0.05, 0.1) is 10.9 Å². The van der Waals surface area contributed by atoms with Crippen LogP contribution in [0.4, 0.5) is 0 Å². The molecule has 6 heteroatoms. The van der Waals surface area contributed by atoms with Crippen molar-refractivity contribution in [3.63, 3.8) is 0 Å². The highest BCUT2D eigenvalue weighted by molar-refractivity contribution is 7.90. The molecular weight excluding hydrogens is 346 g/mol. The summed E-state index contributed by atoms with van der Waals surface area (Å²) in [5, 5.41) is 0.